The molecule has 1 aromatic carbocycles. The highest BCUT2D eigenvalue weighted by Crippen LogP contribution is 2.27. The summed E-state index contributed by atoms with van der Waals surface area (Å²) in [5.74, 6) is 1.15. The van der Waals surface area contributed by atoms with E-state index in [-0.39, 0.29) is 5.84 Å². The monoisotopic (exact) mass is 322 g/mol. The van der Waals surface area contributed by atoms with E-state index in [2.05, 4.69) is 28.0 Å². The molecule has 0 aliphatic heterocycles. The van der Waals surface area contributed by atoms with Crippen LogP contribution in [0.1, 0.15) is 18.9 Å². The fourth-order valence-electron chi connectivity index (χ4n) is 1.68. The molecule has 0 radical (unpaired) electrons. The van der Waals surface area contributed by atoms with Crippen molar-refractivity contribution >= 4 is 21.8 Å². The first-order valence-electron chi connectivity index (χ1n) is 5.94. The molecule has 1 aromatic heterocycles. The zero-order valence-electron chi connectivity index (χ0n) is 10.6. The van der Waals surface area contributed by atoms with Crippen molar-refractivity contribution in [1.29, 1.82) is 5.41 Å². The molecule has 100 valence electrons. The zero-order chi connectivity index (χ0) is 13.8. The van der Waals surface area contributed by atoms with E-state index >= 15 is 0 Å². The van der Waals surface area contributed by atoms with Crippen LogP contribution in [0.15, 0.2) is 35.1 Å². The second-order valence-electron chi connectivity index (χ2n) is 4.10. The largest absolute Gasteiger partial charge is 0.453 e. The van der Waals surface area contributed by atoms with E-state index < -0.39 is 0 Å². The summed E-state index contributed by atoms with van der Waals surface area (Å²) in [6.45, 7) is 2.94. The lowest BCUT2D eigenvalue weighted by Gasteiger charge is -2.08. The summed E-state index contributed by atoms with van der Waals surface area (Å²) in [6.07, 6.45) is 4.50. The van der Waals surface area contributed by atoms with Gasteiger partial charge in [-0.15, -0.1) is 0 Å². The van der Waals surface area contributed by atoms with Crippen molar-refractivity contribution in [3.05, 3.63) is 40.6 Å². The first-order valence-corrected chi connectivity index (χ1v) is 6.73. The molecule has 0 aliphatic rings. The first kappa shape index (κ1) is 13.6. The molecule has 0 amide bonds. The van der Waals surface area contributed by atoms with Gasteiger partial charge >= 0.3 is 0 Å². The lowest BCUT2D eigenvalue weighted by molar-refractivity contribution is 0.479. The van der Waals surface area contributed by atoms with Gasteiger partial charge in [0.2, 0.25) is 0 Å². The molecular formula is C13H15BrN4O. The number of amidine groups is 1. The fraction of sp³-hybridized carbons (Fsp3) is 0.231. The molecule has 0 bridgehead atoms. The van der Waals surface area contributed by atoms with Crippen molar-refractivity contribution in [3.63, 3.8) is 0 Å². The average molecular weight is 323 g/mol. The van der Waals surface area contributed by atoms with E-state index in [1.54, 1.807) is 18.3 Å². The van der Waals surface area contributed by atoms with E-state index in [1.807, 2.05) is 16.9 Å². The van der Waals surface area contributed by atoms with Crippen molar-refractivity contribution < 1.29 is 4.74 Å². The molecule has 0 saturated heterocycles. The number of hydrogen-bond donors (Lipinski definition) is 2. The van der Waals surface area contributed by atoms with Crippen LogP contribution in [0.25, 0.3) is 0 Å². The summed E-state index contributed by atoms with van der Waals surface area (Å²) < 4.78 is 8.40. The Kier molecular flexibility index (Phi) is 4.21. The topological polar surface area (TPSA) is 76.9 Å². The lowest BCUT2D eigenvalue weighted by Crippen LogP contribution is -2.12. The standard InChI is InChI=1S/C13H15BrN4O/c1-2-5-18-8-10(7-17-18)19-12-4-3-9(14)6-11(12)13(15)16/h3-4,6-8H,2,5H2,1H3,(H3,15,16). The van der Waals surface area contributed by atoms with Gasteiger partial charge < -0.3 is 10.5 Å². The minimum absolute atomic E-state index is 0.0303. The van der Waals surface area contributed by atoms with Crippen molar-refractivity contribution in [2.75, 3.05) is 0 Å². The lowest BCUT2D eigenvalue weighted by atomic mass is 10.2. The van der Waals surface area contributed by atoms with E-state index in [4.69, 9.17) is 15.9 Å². The van der Waals surface area contributed by atoms with Gasteiger partial charge in [0.25, 0.3) is 0 Å². The Labute approximate surface area is 120 Å². The maximum Gasteiger partial charge on any atom is 0.165 e. The van der Waals surface area contributed by atoms with Gasteiger partial charge in [0.1, 0.15) is 11.6 Å². The van der Waals surface area contributed by atoms with Gasteiger partial charge in [0.15, 0.2) is 5.75 Å². The molecule has 1 heterocycles. The molecule has 0 spiro atoms. The molecule has 0 atom stereocenters. The maximum atomic E-state index is 7.57. The minimum Gasteiger partial charge on any atom is -0.453 e. The molecule has 0 aliphatic carbocycles. The summed E-state index contributed by atoms with van der Waals surface area (Å²) >= 11 is 3.35. The first-order chi connectivity index (χ1) is 9.10. The van der Waals surface area contributed by atoms with Gasteiger partial charge in [0, 0.05) is 11.0 Å². The van der Waals surface area contributed by atoms with Crippen LogP contribution in [0.4, 0.5) is 0 Å². The van der Waals surface area contributed by atoms with Gasteiger partial charge in [-0.1, -0.05) is 22.9 Å². The van der Waals surface area contributed by atoms with Gasteiger partial charge in [-0.05, 0) is 24.6 Å². The third-order valence-corrected chi connectivity index (χ3v) is 3.02. The number of ether oxygens (including phenoxy) is 1. The minimum atomic E-state index is -0.0303. The van der Waals surface area contributed by atoms with Crippen LogP contribution >= 0.6 is 15.9 Å². The number of rotatable bonds is 5. The summed E-state index contributed by atoms with van der Waals surface area (Å²) in [6, 6.07) is 5.38. The predicted octanol–water partition coefficient (Wildman–Crippen LogP) is 3.13. The van der Waals surface area contributed by atoms with Crippen LogP contribution < -0.4 is 10.5 Å². The van der Waals surface area contributed by atoms with E-state index in [0.29, 0.717) is 17.1 Å². The van der Waals surface area contributed by atoms with Crippen LogP contribution in [0.5, 0.6) is 11.5 Å². The predicted molar refractivity (Wildman–Crippen MR) is 77.8 cm³/mol. The molecule has 2 aromatic rings. The highest BCUT2D eigenvalue weighted by Gasteiger charge is 2.09. The molecule has 3 N–H and O–H groups in total. The van der Waals surface area contributed by atoms with E-state index in [0.717, 1.165) is 17.4 Å². The number of hydrogen-bond acceptors (Lipinski definition) is 3. The van der Waals surface area contributed by atoms with Gasteiger partial charge in [0.05, 0.1) is 18.0 Å². The number of halogens is 1. The molecule has 2 rings (SSSR count). The molecule has 5 nitrogen and oxygen atoms in total. The number of aromatic nitrogens is 2. The van der Waals surface area contributed by atoms with E-state index in [9.17, 15) is 0 Å². The van der Waals surface area contributed by atoms with Crippen LogP contribution in [0, 0.1) is 5.41 Å². The number of nitrogens with one attached hydrogen (secondary N) is 1. The van der Waals surface area contributed by atoms with Crippen LogP contribution in [-0.4, -0.2) is 15.6 Å². The Hall–Kier alpha value is -1.82. The normalized spacial score (nSPS) is 10.4. The number of nitrogens with two attached hydrogens (primary N) is 1. The number of aryl methyl sites for hydroxylation is 1. The second kappa shape index (κ2) is 5.88. The Morgan fingerprint density at radius 2 is 2.32 bits per heavy atom. The summed E-state index contributed by atoms with van der Waals surface area (Å²) in [4.78, 5) is 0. The number of nitrogens with zero attached hydrogens (tertiary/aromatic N) is 2. The quantitative estimate of drug-likeness (QED) is 0.655. The highest BCUT2D eigenvalue weighted by molar-refractivity contribution is 9.10. The third kappa shape index (κ3) is 3.35. The SMILES string of the molecule is CCCn1cc(Oc2ccc(Br)cc2C(=N)N)cn1. The van der Waals surface area contributed by atoms with Crippen LogP contribution in [-0.2, 0) is 6.54 Å². The highest BCUT2D eigenvalue weighted by atomic mass is 79.9. The van der Waals surface area contributed by atoms with Crippen molar-refractivity contribution in [2.24, 2.45) is 5.73 Å². The van der Waals surface area contributed by atoms with E-state index in [1.165, 1.54) is 0 Å². The second-order valence-corrected chi connectivity index (χ2v) is 5.01. The Balaban J connectivity index is 2.24. The molecular weight excluding hydrogens is 308 g/mol. The van der Waals surface area contributed by atoms with Gasteiger partial charge in [-0.2, -0.15) is 5.10 Å². The van der Waals surface area contributed by atoms with Gasteiger partial charge in [-0.25, -0.2) is 0 Å². The fourth-order valence-corrected chi connectivity index (χ4v) is 2.04. The number of nitrogen functional groups attached to an aromatic ring is 1. The molecule has 0 saturated carbocycles. The summed E-state index contributed by atoms with van der Waals surface area (Å²) in [5.41, 5.74) is 6.10. The van der Waals surface area contributed by atoms with Crippen LogP contribution in [0.3, 0.4) is 0 Å². The number of benzene rings is 1. The average Bonchev–Trinajstić information content (AvgIpc) is 2.79. The zero-order valence-corrected chi connectivity index (χ0v) is 12.1. The van der Waals surface area contributed by atoms with Gasteiger partial charge in [-0.3, -0.25) is 10.1 Å². The van der Waals surface area contributed by atoms with Crippen molar-refractivity contribution in [3.8, 4) is 11.5 Å². The Bertz CT molecular complexity index is 594. The van der Waals surface area contributed by atoms with Crippen molar-refractivity contribution in [1.82, 2.24) is 9.78 Å². The van der Waals surface area contributed by atoms with Crippen molar-refractivity contribution in [2.45, 2.75) is 19.9 Å². The Morgan fingerprint density at radius 3 is 3.00 bits per heavy atom. The molecule has 6 heteroatoms. The summed E-state index contributed by atoms with van der Waals surface area (Å²) in [5, 5.41) is 11.8. The van der Waals surface area contributed by atoms with Crippen LogP contribution in [0.2, 0.25) is 0 Å². The maximum absolute atomic E-state index is 7.57. The molecule has 19 heavy (non-hydrogen) atoms. The third-order valence-electron chi connectivity index (χ3n) is 2.52. The Morgan fingerprint density at radius 1 is 1.53 bits per heavy atom. The molecule has 0 fully saturated rings. The summed E-state index contributed by atoms with van der Waals surface area (Å²) in [7, 11) is 0. The molecule has 0 unspecified atom stereocenters. The smallest absolute Gasteiger partial charge is 0.165 e.